The fourth-order valence-corrected chi connectivity index (χ4v) is 3.32. The van der Waals surface area contributed by atoms with E-state index in [0.29, 0.717) is 31.6 Å². The summed E-state index contributed by atoms with van der Waals surface area (Å²) < 4.78 is 5.06. The quantitative estimate of drug-likeness (QED) is 0.548. The van der Waals surface area contributed by atoms with Gasteiger partial charge in [0.2, 0.25) is 11.8 Å². The number of benzene rings is 2. The summed E-state index contributed by atoms with van der Waals surface area (Å²) >= 11 is 0. The summed E-state index contributed by atoms with van der Waals surface area (Å²) in [4.78, 5) is 40.1. The van der Waals surface area contributed by atoms with Crippen LogP contribution in [0.4, 0.5) is 5.69 Å². The molecule has 1 saturated carbocycles. The van der Waals surface area contributed by atoms with Crippen LogP contribution < -0.4 is 5.32 Å². The van der Waals surface area contributed by atoms with Crippen LogP contribution in [0.3, 0.4) is 0 Å². The van der Waals surface area contributed by atoms with Crippen molar-refractivity contribution in [2.24, 2.45) is 5.41 Å². The normalized spacial score (nSPS) is 14.0. The van der Waals surface area contributed by atoms with Crippen molar-refractivity contribution < 1.29 is 19.1 Å². The van der Waals surface area contributed by atoms with Crippen molar-refractivity contribution in [3.05, 3.63) is 65.7 Å². The molecule has 1 aliphatic carbocycles. The number of esters is 1. The van der Waals surface area contributed by atoms with Crippen LogP contribution in [0.5, 0.6) is 0 Å². The van der Waals surface area contributed by atoms with Gasteiger partial charge in [0.05, 0.1) is 17.9 Å². The number of nitrogens with one attached hydrogen (secondary N) is 1. The van der Waals surface area contributed by atoms with Crippen LogP contribution in [-0.4, -0.2) is 35.8 Å². The largest absolute Gasteiger partial charge is 0.462 e. The number of carbonyl (C=O) groups excluding carboxylic acids is 3. The van der Waals surface area contributed by atoms with Gasteiger partial charge in [-0.2, -0.15) is 0 Å². The van der Waals surface area contributed by atoms with Crippen molar-refractivity contribution in [3.8, 4) is 0 Å². The van der Waals surface area contributed by atoms with Crippen molar-refractivity contribution in [3.63, 3.8) is 0 Å². The van der Waals surface area contributed by atoms with Crippen LogP contribution in [0.15, 0.2) is 54.6 Å². The minimum absolute atomic E-state index is 0.171. The molecule has 0 unspecified atom stereocenters. The number of hydrogen-bond acceptors (Lipinski definition) is 4. The Morgan fingerprint density at radius 3 is 2.28 bits per heavy atom. The van der Waals surface area contributed by atoms with Gasteiger partial charge in [-0.05, 0) is 44.4 Å². The Balaban J connectivity index is 1.75. The smallest absolute Gasteiger partial charge is 0.340 e. The summed E-state index contributed by atoms with van der Waals surface area (Å²) in [5.74, 6) is -1.04. The van der Waals surface area contributed by atoms with Crippen molar-refractivity contribution in [1.29, 1.82) is 0 Å². The van der Waals surface area contributed by atoms with E-state index in [1.807, 2.05) is 37.3 Å². The van der Waals surface area contributed by atoms with E-state index in [1.54, 1.807) is 36.1 Å². The number of carbonyl (C=O) groups is 3. The maximum Gasteiger partial charge on any atom is 0.340 e. The molecular weight excluding hydrogens is 368 g/mol. The molecule has 0 heterocycles. The Morgan fingerprint density at radius 1 is 1.00 bits per heavy atom. The minimum Gasteiger partial charge on any atom is -0.462 e. The second-order valence-electron chi connectivity index (χ2n) is 7.11. The SMILES string of the molecule is CCOC(=O)c1ccccc1NC(=O)C1(C(=O)N(CC)Cc2ccccc2)CC1. The second-order valence-corrected chi connectivity index (χ2v) is 7.11. The lowest BCUT2D eigenvalue weighted by Crippen LogP contribution is -2.42. The average molecular weight is 394 g/mol. The highest BCUT2D eigenvalue weighted by atomic mass is 16.5. The molecule has 3 rings (SSSR count). The molecule has 1 aliphatic rings. The highest BCUT2D eigenvalue weighted by Gasteiger charge is 2.58. The van der Waals surface area contributed by atoms with Crippen molar-refractivity contribution in [2.75, 3.05) is 18.5 Å². The molecule has 0 spiro atoms. The molecule has 0 aromatic heterocycles. The number of rotatable bonds is 8. The molecule has 152 valence electrons. The average Bonchev–Trinajstić information content (AvgIpc) is 3.55. The Labute approximate surface area is 170 Å². The highest BCUT2D eigenvalue weighted by molar-refractivity contribution is 6.14. The number of amides is 2. The number of nitrogens with zero attached hydrogens (tertiary/aromatic N) is 1. The topological polar surface area (TPSA) is 75.7 Å². The van der Waals surface area contributed by atoms with E-state index in [4.69, 9.17) is 4.74 Å². The lowest BCUT2D eigenvalue weighted by atomic mass is 10.0. The van der Waals surface area contributed by atoms with E-state index >= 15 is 0 Å². The number of para-hydroxylation sites is 1. The Morgan fingerprint density at radius 2 is 1.66 bits per heavy atom. The van der Waals surface area contributed by atoms with Gasteiger partial charge in [0, 0.05) is 13.1 Å². The molecule has 0 atom stereocenters. The summed E-state index contributed by atoms with van der Waals surface area (Å²) in [6.45, 7) is 4.86. The molecule has 0 saturated heterocycles. The molecule has 6 nitrogen and oxygen atoms in total. The van der Waals surface area contributed by atoms with Crippen LogP contribution in [-0.2, 0) is 20.9 Å². The van der Waals surface area contributed by atoms with E-state index in [1.165, 1.54) is 0 Å². The van der Waals surface area contributed by atoms with Crippen LogP contribution in [0, 0.1) is 5.41 Å². The van der Waals surface area contributed by atoms with Crippen LogP contribution in [0.2, 0.25) is 0 Å². The zero-order valence-electron chi connectivity index (χ0n) is 16.8. The first-order valence-electron chi connectivity index (χ1n) is 9.92. The van der Waals surface area contributed by atoms with E-state index in [0.717, 1.165) is 5.56 Å². The van der Waals surface area contributed by atoms with Crippen molar-refractivity contribution in [2.45, 2.75) is 33.2 Å². The molecule has 0 radical (unpaired) electrons. The van der Waals surface area contributed by atoms with Gasteiger partial charge >= 0.3 is 5.97 Å². The molecule has 2 aromatic carbocycles. The van der Waals surface area contributed by atoms with Gasteiger partial charge in [0.1, 0.15) is 5.41 Å². The summed E-state index contributed by atoms with van der Waals surface area (Å²) in [5, 5.41) is 2.79. The lowest BCUT2D eigenvalue weighted by molar-refractivity contribution is -0.142. The molecule has 1 N–H and O–H groups in total. The third kappa shape index (κ3) is 4.47. The monoisotopic (exact) mass is 394 g/mol. The van der Waals surface area contributed by atoms with Crippen LogP contribution >= 0.6 is 0 Å². The van der Waals surface area contributed by atoms with Crippen molar-refractivity contribution in [1.82, 2.24) is 4.90 Å². The first-order chi connectivity index (χ1) is 14.0. The molecule has 6 heteroatoms. The van der Waals surface area contributed by atoms with Gasteiger partial charge in [-0.3, -0.25) is 9.59 Å². The highest BCUT2D eigenvalue weighted by Crippen LogP contribution is 2.48. The standard InChI is InChI=1S/C23H26N2O4/c1-3-25(16-17-10-6-5-7-11-17)22(28)23(14-15-23)21(27)24-19-13-9-8-12-18(19)20(26)29-4-2/h5-13H,3-4,14-16H2,1-2H3,(H,24,27). The van der Waals surface area contributed by atoms with Crippen LogP contribution in [0.1, 0.15) is 42.6 Å². The Hall–Kier alpha value is -3.15. The Kier molecular flexibility index (Phi) is 6.32. The number of anilines is 1. The summed E-state index contributed by atoms with van der Waals surface area (Å²) in [6.07, 6.45) is 1.01. The van der Waals surface area contributed by atoms with Gasteiger partial charge < -0.3 is 15.0 Å². The lowest BCUT2D eigenvalue weighted by Gasteiger charge is -2.26. The van der Waals surface area contributed by atoms with Gasteiger partial charge in [0.15, 0.2) is 0 Å². The number of hydrogen-bond donors (Lipinski definition) is 1. The van der Waals surface area contributed by atoms with E-state index < -0.39 is 11.4 Å². The maximum atomic E-state index is 13.2. The van der Waals surface area contributed by atoms with Gasteiger partial charge in [-0.15, -0.1) is 0 Å². The fourth-order valence-electron chi connectivity index (χ4n) is 3.32. The van der Waals surface area contributed by atoms with Crippen molar-refractivity contribution >= 4 is 23.5 Å². The molecule has 2 amide bonds. The van der Waals surface area contributed by atoms with Gasteiger partial charge in [-0.25, -0.2) is 4.79 Å². The molecule has 0 bridgehead atoms. The molecular formula is C23H26N2O4. The summed E-state index contributed by atoms with van der Waals surface area (Å²) in [5.41, 5.74) is 0.599. The predicted octanol–water partition coefficient (Wildman–Crippen LogP) is 3.63. The number of ether oxygens (including phenoxy) is 1. The summed E-state index contributed by atoms with van der Waals surface area (Å²) in [7, 11) is 0. The first-order valence-corrected chi connectivity index (χ1v) is 9.92. The van der Waals surface area contributed by atoms with E-state index in [-0.39, 0.29) is 24.0 Å². The third-order valence-electron chi connectivity index (χ3n) is 5.15. The first kappa shape index (κ1) is 20.6. The molecule has 29 heavy (non-hydrogen) atoms. The van der Waals surface area contributed by atoms with Gasteiger partial charge in [0.25, 0.3) is 0 Å². The fraction of sp³-hybridized carbons (Fsp3) is 0.348. The zero-order valence-corrected chi connectivity index (χ0v) is 16.8. The predicted molar refractivity (Wildman–Crippen MR) is 110 cm³/mol. The zero-order chi connectivity index (χ0) is 20.9. The van der Waals surface area contributed by atoms with Gasteiger partial charge in [-0.1, -0.05) is 42.5 Å². The molecule has 2 aromatic rings. The minimum atomic E-state index is -1.06. The summed E-state index contributed by atoms with van der Waals surface area (Å²) in [6, 6.07) is 16.4. The van der Waals surface area contributed by atoms with Crippen LogP contribution in [0.25, 0.3) is 0 Å². The molecule has 1 fully saturated rings. The van der Waals surface area contributed by atoms with E-state index in [9.17, 15) is 14.4 Å². The Bertz CT molecular complexity index is 891. The molecule has 0 aliphatic heterocycles. The second kappa shape index (κ2) is 8.90. The maximum absolute atomic E-state index is 13.2. The van der Waals surface area contributed by atoms with E-state index in [2.05, 4.69) is 5.32 Å². The third-order valence-corrected chi connectivity index (χ3v) is 5.15.